The predicted molar refractivity (Wildman–Crippen MR) is 92.4 cm³/mol. The average molecular weight is 397 g/mol. The van der Waals surface area contributed by atoms with Gasteiger partial charge < -0.3 is 15.4 Å². The third-order valence-electron chi connectivity index (χ3n) is 4.11. The number of carbonyl (C=O) groups is 2. The SMILES string of the molecule is Cc1c(C(=O)Nc2ccc(OC(F)(F)F)cc2)cnn1C1NC(=O)CC(C)N1. The van der Waals surface area contributed by atoms with Crippen molar-refractivity contribution in [1.29, 1.82) is 0 Å². The molecule has 150 valence electrons. The van der Waals surface area contributed by atoms with Crippen LogP contribution in [0.25, 0.3) is 0 Å². The van der Waals surface area contributed by atoms with Crippen LogP contribution >= 0.6 is 0 Å². The van der Waals surface area contributed by atoms with Crippen LogP contribution in [0.4, 0.5) is 18.9 Å². The highest BCUT2D eigenvalue weighted by atomic mass is 19.4. The van der Waals surface area contributed by atoms with Gasteiger partial charge in [0.25, 0.3) is 5.91 Å². The molecule has 1 aliphatic heterocycles. The summed E-state index contributed by atoms with van der Waals surface area (Å²) in [6.07, 6.45) is -3.65. The normalized spacial score (nSPS) is 19.8. The second-order valence-electron chi connectivity index (χ2n) is 6.36. The van der Waals surface area contributed by atoms with E-state index in [9.17, 15) is 22.8 Å². The van der Waals surface area contributed by atoms with Crippen LogP contribution in [-0.4, -0.2) is 34.0 Å². The zero-order chi connectivity index (χ0) is 20.5. The molecule has 2 aromatic rings. The molecule has 1 aliphatic rings. The van der Waals surface area contributed by atoms with Gasteiger partial charge in [-0.2, -0.15) is 5.10 Å². The van der Waals surface area contributed by atoms with Gasteiger partial charge in [0.2, 0.25) is 5.91 Å². The Hall–Kier alpha value is -3.08. The molecule has 3 rings (SSSR count). The highest BCUT2D eigenvalue weighted by Crippen LogP contribution is 2.24. The summed E-state index contributed by atoms with van der Waals surface area (Å²) in [5.74, 6) is -0.996. The predicted octanol–water partition coefficient (Wildman–Crippen LogP) is 2.30. The van der Waals surface area contributed by atoms with E-state index in [1.165, 1.54) is 23.0 Å². The van der Waals surface area contributed by atoms with E-state index in [1.54, 1.807) is 6.92 Å². The number of ether oxygens (including phenoxy) is 1. The molecule has 0 aliphatic carbocycles. The smallest absolute Gasteiger partial charge is 0.406 e. The maximum absolute atomic E-state index is 12.5. The third kappa shape index (κ3) is 4.60. The Morgan fingerprint density at radius 1 is 1.32 bits per heavy atom. The molecule has 2 heterocycles. The maximum Gasteiger partial charge on any atom is 0.573 e. The molecule has 1 aromatic carbocycles. The number of amides is 2. The van der Waals surface area contributed by atoms with Gasteiger partial charge in [-0.15, -0.1) is 13.2 Å². The fraction of sp³-hybridized carbons (Fsp3) is 0.353. The highest BCUT2D eigenvalue weighted by Gasteiger charge is 2.31. The number of halogens is 3. The van der Waals surface area contributed by atoms with Crippen LogP contribution in [0.3, 0.4) is 0 Å². The van der Waals surface area contributed by atoms with Crippen molar-refractivity contribution in [1.82, 2.24) is 20.4 Å². The molecule has 0 radical (unpaired) electrons. The summed E-state index contributed by atoms with van der Waals surface area (Å²) in [4.78, 5) is 24.2. The van der Waals surface area contributed by atoms with E-state index in [1.807, 2.05) is 6.92 Å². The number of aromatic nitrogens is 2. The number of nitrogens with one attached hydrogen (secondary N) is 3. The number of rotatable bonds is 4. The van der Waals surface area contributed by atoms with E-state index in [0.717, 1.165) is 12.1 Å². The highest BCUT2D eigenvalue weighted by molar-refractivity contribution is 6.04. The number of nitrogens with zero attached hydrogens (tertiary/aromatic N) is 2. The molecule has 28 heavy (non-hydrogen) atoms. The third-order valence-corrected chi connectivity index (χ3v) is 4.11. The first kappa shape index (κ1) is 19.7. The number of carbonyl (C=O) groups excluding carboxylic acids is 2. The van der Waals surface area contributed by atoms with Crippen LogP contribution in [0, 0.1) is 6.92 Å². The zero-order valence-corrected chi connectivity index (χ0v) is 15.0. The molecule has 0 spiro atoms. The van der Waals surface area contributed by atoms with Crippen molar-refractivity contribution in [2.24, 2.45) is 0 Å². The Morgan fingerprint density at radius 3 is 2.61 bits per heavy atom. The van der Waals surface area contributed by atoms with Crippen molar-refractivity contribution in [2.75, 3.05) is 5.32 Å². The molecule has 11 heteroatoms. The maximum atomic E-state index is 12.5. The first-order valence-electron chi connectivity index (χ1n) is 8.39. The molecule has 0 saturated carbocycles. The molecule has 0 bridgehead atoms. The van der Waals surface area contributed by atoms with Gasteiger partial charge in [0.05, 0.1) is 17.5 Å². The quantitative estimate of drug-likeness (QED) is 0.736. The minimum absolute atomic E-state index is 0.0444. The number of anilines is 1. The fourth-order valence-corrected chi connectivity index (χ4v) is 2.84. The first-order valence-corrected chi connectivity index (χ1v) is 8.39. The zero-order valence-electron chi connectivity index (χ0n) is 15.0. The number of alkyl halides is 3. The Balaban J connectivity index is 1.70. The van der Waals surface area contributed by atoms with Crippen LogP contribution in [0.5, 0.6) is 5.75 Å². The van der Waals surface area contributed by atoms with Crippen LogP contribution < -0.4 is 20.7 Å². The standard InChI is InChI=1S/C17H18F3N5O3/c1-9-7-14(26)24-16(22-9)25-10(2)13(8-21-25)15(27)23-11-3-5-12(6-4-11)28-17(18,19)20/h3-6,8-9,16,22H,7H2,1-2H3,(H,23,27)(H,24,26). The van der Waals surface area contributed by atoms with Gasteiger partial charge in [-0.05, 0) is 38.1 Å². The van der Waals surface area contributed by atoms with E-state index < -0.39 is 18.6 Å². The van der Waals surface area contributed by atoms with Crippen LogP contribution in [0.1, 0.15) is 35.7 Å². The lowest BCUT2D eigenvalue weighted by molar-refractivity contribution is -0.274. The summed E-state index contributed by atoms with van der Waals surface area (Å²) >= 11 is 0. The Bertz CT molecular complexity index is 879. The lowest BCUT2D eigenvalue weighted by Crippen LogP contribution is -2.52. The van der Waals surface area contributed by atoms with Crippen molar-refractivity contribution >= 4 is 17.5 Å². The van der Waals surface area contributed by atoms with Crippen molar-refractivity contribution in [2.45, 2.75) is 39.0 Å². The lowest BCUT2D eigenvalue weighted by atomic mass is 10.2. The lowest BCUT2D eigenvalue weighted by Gasteiger charge is -2.30. The van der Waals surface area contributed by atoms with E-state index in [-0.39, 0.29) is 23.3 Å². The molecule has 2 atom stereocenters. The fourth-order valence-electron chi connectivity index (χ4n) is 2.84. The topological polar surface area (TPSA) is 97.3 Å². The molecule has 2 amide bonds. The minimum Gasteiger partial charge on any atom is -0.406 e. The second kappa shape index (κ2) is 7.50. The van der Waals surface area contributed by atoms with Gasteiger partial charge in [0.1, 0.15) is 5.75 Å². The van der Waals surface area contributed by atoms with Gasteiger partial charge >= 0.3 is 6.36 Å². The van der Waals surface area contributed by atoms with E-state index in [0.29, 0.717) is 17.8 Å². The summed E-state index contributed by atoms with van der Waals surface area (Å²) in [5, 5.41) is 12.7. The molecule has 1 fully saturated rings. The average Bonchev–Trinajstić information content (AvgIpc) is 2.96. The number of benzene rings is 1. The summed E-state index contributed by atoms with van der Waals surface area (Å²) < 4.78 is 41.8. The Morgan fingerprint density at radius 2 is 2.00 bits per heavy atom. The molecule has 1 saturated heterocycles. The van der Waals surface area contributed by atoms with Gasteiger partial charge in [0, 0.05) is 18.2 Å². The van der Waals surface area contributed by atoms with Crippen molar-refractivity contribution in [3.05, 3.63) is 41.7 Å². The summed E-state index contributed by atoms with van der Waals surface area (Å²) in [5.41, 5.74) is 1.08. The monoisotopic (exact) mass is 397 g/mol. The molecule has 2 unspecified atom stereocenters. The van der Waals surface area contributed by atoms with Gasteiger partial charge in [0.15, 0.2) is 6.29 Å². The molecule has 8 nitrogen and oxygen atoms in total. The molecule has 3 N–H and O–H groups in total. The van der Waals surface area contributed by atoms with Gasteiger partial charge in [-0.25, -0.2) is 4.68 Å². The molecular formula is C17H18F3N5O3. The van der Waals surface area contributed by atoms with Gasteiger partial charge in [-0.3, -0.25) is 14.9 Å². The second-order valence-corrected chi connectivity index (χ2v) is 6.36. The first-order chi connectivity index (χ1) is 13.1. The molecular weight excluding hydrogens is 379 g/mol. The van der Waals surface area contributed by atoms with Crippen molar-refractivity contribution in [3.63, 3.8) is 0 Å². The minimum atomic E-state index is -4.78. The summed E-state index contributed by atoms with van der Waals surface area (Å²) in [6.45, 7) is 3.54. The Kier molecular flexibility index (Phi) is 5.27. The number of hydrogen-bond acceptors (Lipinski definition) is 5. The van der Waals surface area contributed by atoms with E-state index >= 15 is 0 Å². The summed E-state index contributed by atoms with van der Waals surface area (Å²) in [6, 6.07) is 4.74. The van der Waals surface area contributed by atoms with Crippen molar-refractivity contribution < 1.29 is 27.5 Å². The largest absolute Gasteiger partial charge is 0.573 e. The van der Waals surface area contributed by atoms with Crippen LogP contribution in [-0.2, 0) is 4.79 Å². The van der Waals surface area contributed by atoms with E-state index in [2.05, 4.69) is 25.8 Å². The van der Waals surface area contributed by atoms with Crippen molar-refractivity contribution in [3.8, 4) is 5.75 Å². The van der Waals surface area contributed by atoms with Crippen LogP contribution in [0.2, 0.25) is 0 Å². The summed E-state index contributed by atoms with van der Waals surface area (Å²) in [7, 11) is 0. The Labute approximate surface area is 158 Å². The van der Waals surface area contributed by atoms with E-state index in [4.69, 9.17) is 0 Å². The molecule has 1 aromatic heterocycles. The number of hydrogen-bond donors (Lipinski definition) is 3. The van der Waals surface area contributed by atoms with Gasteiger partial charge in [-0.1, -0.05) is 0 Å². The van der Waals surface area contributed by atoms with Crippen LogP contribution in [0.15, 0.2) is 30.5 Å².